The van der Waals surface area contributed by atoms with Gasteiger partial charge in [-0.15, -0.1) is 0 Å². The van der Waals surface area contributed by atoms with Crippen LogP contribution in [0.25, 0.3) is 0 Å². The summed E-state index contributed by atoms with van der Waals surface area (Å²) in [6.07, 6.45) is 1.82. The van der Waals surface area contributed by atoms with Gasteiger partial charge in [0, 0.05) is 13.3 Å². The summed E-state index contributed by atoms with van der Waals surface area (Å²) in [7, 11) is -4.07. The molecule has 0 radical (unpaired) electrons. The first-order valence-electron chi connectivity index (χ1n) is 6.23. The normalized spacial score (nSPS) is 32.6. The van der Waals surface area contributed by atoms with E-state index < -0.39 is 27.3 Å². The van der Waals surface area contributed by atoms with E-state index in [1.165, 1.54) is 0 Å². The van der Waals surface area contributed by atoms with E-state index >= 15 is 0 Å². The SMILES string of the molecule is CC(=O)OOS(=O)(=O)CC12CCC(CC1=O)C2(C)C. The highest BCUT2D eigenvalue weighted by atomic mass is 32.2. The number of hydrogen-bond donors (Lipinski definition) is 0. The minimum Gasteiger partial charge on any atom is -0.299 e. The number of carbonyl (C=O) groups is 2. The van der Waals surface area contributed by atoms with Gasteiger partial charge in [0.15, 0.2) is 0 Å². The first kappa shape index (κ1) is 14.5. The Morgan fingerprint density at radius 1 is 1.42 bits per heavy atom. The summed E-state index contributed by atoms with van der Waals surface area (Å²) in [4.78, 5) is 26.8. The molecule has 2 unspecified atom stereocenters. The maximum atomic E-state index is 12.2. The fourth-order valence-electron chi connectivity index (χ4n) is 3.53. The van der Waals surface area contributed by atoms with Crippen molar-refractivity contribution in [2.75, 3.05) is 5.75 Å². The maximum Gasteiger partial charge on any atom is 0.340 e. The van der Waals surface area contributed by atoms with Gasteiger partial charge in [0.25, 0.3) is 0 Å². The van der Waals surface area contributed by atoms with Crippen molar-refractivity contribution in [1.29, 1.82) is 0 Å². The van der Waals surface area contributed by atoms with Crippen LogP contribution in [0, 0.1) is 16.7 Å². The fraction of sp³-hybridized carbons (Fsp3) is 0.833. The molecular formula is C12H18O6S. The van der Waals surface area contributed by atoms with Gasteiger partial charge in [-0.25, -0.2) is 4.79 Å². The standard InChI is InChI=1S/C12H18O6S/c1-8(13)17-18-19(15,16)7-12-5-4-9(6-10(12)14)11(12,2)3/h9H,4-7H2,1-3H3. The van der Waals surface area contributed by atoms with E-state index in [2.05, 4.69) is 9.22 Å². The molecule has 0 heterocycles. The van der Waals surface area contributed by atoms with Crippen molar-refractivity contribution < 1.29 is 27.2 Å². The minimum absolute atomic E-state index is 0.0243. The molecule has 0 saturated heterocycles. The zero-order valence-corrected chi connectivity index (χ0v) is 12.1. The second-order valence-corrected chi connectivity index (χ2v) is 7.55. The molecule has 0 amide bonds. The molecule has 2 saturated carbocycles. The molecular weight excluding hydrogens is 272 g/mol. The van der Waals surface area contributed by atoms with E-state index in [-0.39, 0.29) is 17.1 Å². The fourth-order valence-corrected chi connectivity index (χ4v) is 5.06. The molecule has 19 heavy (non-hydrogen) atoms. The molecule has 2 aliphatic carbocycles. The van der Waals surface area contributed by atoms with Crippen LogP contribution >= 0.6 is 0 Å². The van der Waals surface area contributed by atoms with Crippen molar-refractivity contribution in [3.05, 3.63) is 0 Å². The van der Waals surface area contributed by atoms with Gasteiger partial charge in [0.1, 0.15) is 5.78 Å². The number of carbonyl (C=O) groups excluding carboxylic acids is 2. The number of Topliss-reactive ketones (excluding diaryl/α,β-unsaturated/α-hetero) is 1. The average molecular weight is 290 g/mol. The lowest BCUT2D eigenvalue weighted by atomic mass is 9.70. The third-order valence-electron chi connectivity index (χ3n) is 4.82. The van der Waals surface area contributed by atoms with Crippen LogP contribution in [0.3, 0.4) is 0 Å². The van der Waals surface area contributed by atoms with Gasteiger partial charge in [0.05, 0.1) is 11.2 Å². The molecule has 0 N–H and O–H groups in total. The van der Waals surface area contributed by atoms with Crippen LogP contribution in [0.4, 0.5) is 0 Å². The number of hydrogen-bond acceptors (Lipinski definition) is 6. The van der Waals surface area contributed by atoms with Gasteiger partial charge in [-0.2, -0.15) is 8.42 Å². The van der Waals surface area contributed by atoms with Crippen molar-refractivity contribution in [2.24, 2.45) is 16.7 Å². The molecule has 6 nitrogen and oxygen atoms in total. The molecule has 0 aromatic carbocycles. The summed E-state index contributed by atoms with van der Waals surface area (Å²) in [6, 6.07) is 0. The highest BCUT2D eigenvalue weighted by Crippen LogP contribution is 2.64. The zero-order valence-electron chi connectivity index (χ0n) is 11.3. The Hall–Kier alpha value is -0.950. The number of rotatable bonds is 4. The number of fused-ring (bicyclic) bond motifs is 2. The lowest BCUT2D eigenvalue weighted by Crippen LogP contribution is -2.42. The molecule has 0 aromatic rings. The second kappa shape index (κ2) is 4.28. The van der Waals surface area contributed by atoms with Crippen LogP contribution in [0.15, 0.2) is 0 Å². The number of ketones is 1. The molecule has 2 atom stereocenters. The summed E-state index contributed by atoms with van der Waals surface area (Å²) in [6.45, 7) is 4.90. The minimum atomic E-state index is -4.07. The molecule has 2 rings (SSSR count). The predicted molar refractivity (Wildman–Crippen MR) is 65.2 cm³/mol. The first-order valence-corrected chi connectivity index (χ1v) is 7.81. The van der Waals surface area contributed by atoms with Crippen molar-refractivity contribution in [2.45, 2.75) is 40.0 Å². The Morgan fingerprint density at radius 2 is 2.05 bits per heavy atom. The van der Waals surface area contributed by atoms with Crippen molar-refractivity contribution >= 4 is 21.9 Å². The Labute approximate surface area is 112 Å². The Balaban J connectivity index is 2.22. The van der Waals surface area contributed by atoms with Crippen LogP contribution in [0.5, 0.6) is 0 Å². The predicted octanol–water partition coefficient (Wildman–Crippen LogP) is 1.21. The molecule has 108 valence electrons. The summed E-state index contributed by atoms with van der Waals surface area (Å²) >= 11 is 0. The summed E-state index contributed by atoms with van der Waals surface area (Å²) < 4.78 is 27.9. The van der Waals surface area contributed by atoms with E-state index in [9.17, 15) is 18.0 Å². The average Bonchev–Trinajstić information content (AvgIpc) is 2.60. The molecule has 2 aliphatic rings. The second-order valence-electron chi connectivity index (χ2n) is 6.01. The van der Waals surface area contributed by atoms with Crippen molar-refractivity contribution in [3.8, 4) is 0 Å². The van der Waals surface area contributed by atoms with Crippen LogP contribution in [-0.4, -0.2) is 25.9 Å². The highest BCUT2D eigenvalue weighted by Gasteiger charge is 2.65. The van der Waals surface area contributed by atoms with E-state index in [0.717, 1.165) is 13.3 Å². The first-order chi connectivity index (χ1) is 8.61. The summed E-state index contributed by atoms with van der Waals surface area (Å²) in [5, 5.41) is 0. The molecule has 0 aromatic heterocycles. The van der Waals surface area contributed by atoms with Crippen molar-refractivity contribution in [1.82, 2.24) is 0 Å². The molecule has 0 aliphatic heterocycles. The molecule has 7 heteroatoms. The van der Waals surface area contributed by atoms with Gasteiger partial charge in [-0.05, 0) is 24.2 Å². The monoisotopic (exact) mass is 290 g/mol. The van der Waals surface area contributed by atoms with E-state index in [1.54, 1.807) is 0 Å². The van der Waals surface area contributed by atoms with Gasteiger partial charge >= 0.3 is 16.1 Å². The highest BCUT2D eigenvalue weighted by molar-refractivity contribution is 7.86. The zero-order chi connectivity index (χ0) is 14.5. The largest absolute Gasteiger partial charge is 0.340 e. The Kier molecular flexibility index (Phi) is 3.25. The Bertz CT molecular complexity index is 520. The molecule has 0 spiro atoms. The van der Waals surface area contributed by atoms with Gasteiger partial charge in [-0.3, -0.25) is 9.68 Å². The van der Waals surface area contributed by atoms with Crippen LogP contribution in [0.1, 0.15) is 40.0 Å². The lowest BCUT2D eigenvalue weighted by molar-refractivity contribution is -0.208. The topological polar surface area (TPSA) is 86.7 Å². The van der Waals surface area contributed by atoms with E-state index in [4.69, 9.17) is 0 Å². The van der Waals surface area contributed by atoms with Crippen molar-refractivity contribution in [3.63, 3.8) is 0 Å². The van der Waals surface area contributed by atoms with Crippen LogP contribution in [0.2, 0.25) is 0 Å². The third-order valence-corrected chi connectivity index (χ3v) is 5.94. The van der Waals surface area contributed by atoms with E-state index in [0.29, 0.717) is 12.8 Å². The quantitative estimate of drug-likeness (QED) is 0.571. The lowest BCUT2D eigenvalue weighted by Gasteiger charge is -2.35. The third kappa shape index (κ3) is 2.18. The van der Waals surface area contributed by atoms with Gasteiger partial charge in [-0.1, -0.05) is 18.2 Å². The van der Waals surface area contributed by atoms with Gasteiger partial charge in [0.2, 0.25) is 0 Å². The van der Waals surface area contributed by atoms with Crippen LogP contribution in [-0.2, 0) is 28.9 Å². The molecule has 2 fully saturated rings. The smallest absolute Gasteiger partial charge is 0.299 e. The van der Waals surface area contributed by atoms with E-state index in [1.807, 2.05) is 13.8 Å². The van der Waals surface area contributed by atoms with Crippen LogP contribution < -0.4 is 0 Å². The Morgan fingerprint density at radius 3 is 2.47 bits per heavy atom. The molecule has 2 bridgehead atoms. The van der Waals surface area contributed by atoms with Gasteiger partial charge < -0.3 is 0 Å². The summed E-state index contributed by atoms with van der Waals surface area (Å²) in [5.74, 6) is -1.06. The maximum absolute atomic E-state index is 12.2. The summed E-state index contributed by atoms with van der Waals surface area (Å²) in [5.41, 5.74) is -1.27.